The maximum absolute atomic E-state index is 13.3. The molecule has 3 heterocycles. The number of esters is 1. The van der Waals surface area contributed by atoms with E-state index in [1.807, 2.05) is 30.5 Å². The molecule has 5 aromatic rings. The van der Waals surface area contributed by atoms with Gasteiger partial charge in [-0.3, -0.25) is 29.2 Å². The van der Waals surface area contributed by atoms with E-state index in [9.17, 15) is 19.2 Å². The largest absolute Gasteiger partial charge is 0.496 e. The van der Waals surface area contributed by atoms with E-state index in [-0.39, 0.29) is 24.5 Å². The van der Waals surface area contributed by atoms with Gasteiger partial charge in [0.25, 0.3) is 5.91 Å². The number of thiophene rings is 1. The molecule has 0 aliphatic heterocycles. The number of nitrogens with zero attached hydrogens (tertiary/aromatic N) is 4. The van der Waals surface area contributed by atoms with Crippen molar-refractivity contribution < 1.29 is 28.7 Å². The van der Waals surface area contributed by atoms with Gasteiger partial charge < -0.3 is 19.8 Å². The molecule has 0 fully saturated rings. The van der Waals surface area contributed by atoms with E-state index in [4.69, 9.17) is 10.5 Å². The van der Waals surface area contributed by atoms with E-state index in [0.717, 1.165) is 51.9 Å². The van der Waals surface area contributed by atoms with Gasteiger partial charge in [-0.15, -0.1) is 11.3 Å². The van der Waals surface area contributed by atoms with Crippen molar-refractivity contribution >= 4 is 62.0 Å². The predicted molar refractivity (Wildman–Crippen MR) is 176 cm³/mol. The number of aryl methyl sites for hydroxylation is 4. The van der Waals surface area contributed by atoms with Crippen molar-refractivity contribution in [3.05, 3.63) is 69.9 Å². The molecule has 46 heavy (non-hydrogen) atoms. The fourth-order valence-corrected chi connectivity index (χ4v) is 6.47. The van der Waals surface area contributed by atoms with E-state index in [2.05, 4.69) is 26.2 Å². The van der Waals surface area contributed by atoms with Crippen molar-refractivity contribution in [1.82, 2.24) is 19.3 Å². The summed E-state index contributed by atoms with van der Waals surface area (Å²) >= 11 is 1.40. The number of Topliss-reactive ketones (excluding diaryl/α,β-unsaturated/α-hetero) is 1. The molecule has 0 aliphatic rings. The van der Waals surface area contributed by atoms with Crippen molar-refractivity contribution in [3.8, 4) is 5.75 Å². The molecule has 5 rings (SSSR count). The van der Waals surface area contributed by atoms with E-state index in [1.54, 1.807) is 36.1 Å². The number of ketones is 1. The minimum absolute atomic E-state index is 0.0468. The number of hydrogen-bond acceptors (Lipinski definition) is 9. The zero-order chi connectivity index (χ0) is 33.0. The van der Waals surface area contributed by atoms with Crippen LogP contribution in [0.4, 0.5) is 5.95 Å². The van der Waals surface area contributed by atoms with Gasteiger partial charge in [-0.1, -0.05) is 0 Å². The average molecular weight is 645 g/mol. The fraction of sp³-hybridized carbons (Fsp3) is 0.333. The van der Waals surface area contributed by atoms with E-state index < -0.39 is 11.9 Å². The van der Waals surface area contributed by atoms with Crippen LogP contribution in [0.5, 0.6) is 5.75 Å². The van der Waals surface area contributed by atoms with Crippen molar-refractivity contribution in [2.24, 2.45) is 5.73 Å². The van der Waals surface area contributed by atoms with Crippen LogP contribution < -0.4 is 15.8 Å². The van der Waals surface area contributed by atoms with Crippen LogP contribution >= 0.6 is 11.3 Å². The number of amides is 2. The van der Waals surface area contributed by atoms with Crippen LogP contribution in [0, 0.1) is 6.92 Å². The Bertz CT molecular complexity index is 1950. The fourth-order valence-electron chi connectivity index (χ4n) is 5.40. The highest BCUT2D eigenvalue weighted by Crippen LogP contribution is 2.34. The van der Waals surface area contributed by atoms with Gasteiger partial charge in [0.1, 0.15) is 11.4 Å². The first-order valence-electron chi connectivity index (χ1n) is 15.0. The molecule has 240 valence electrons. The Morgan fingerprint density at radius 2 is 1.83 bits per heavy atom. The van der Waals surface area contributed by atoms with Crippen LogP contribution in [0.1, 0.15) is 74.4 Å². The van der Waals surface area contributed by atoms with E-state index >= 15 is 0 Å². The summed E-state index contributed by atoms with van der Waals surface area (Å²) in [5.74, 6) is -0.289. The number of imidazole rings is 1. The lowest BCUT2D eigenvalue weighted by Gasteiger charge is -2.12. The highest BCUT2D eigenvalue weighted by molar-refractivity contribution is 7.20. The predicted octanol–water partition coefficient (Wildman–Crippen LogP) is 5.29. The topological polar surface area (TPSA) is 160 Å². The summed E-state index contributed by atoms with van der Waals surface area (Å²) in [6, 6.07) is 12.6. The molecule has 13 heteroatoms. The number of primary amides is 1. The Hall–Kier alpha value is -5.04. The molecule has 0 saturated carbocycles. The number of fused-ring (bicyclic) bond motifs is 2. The second-order valence-corrected chi connectivity index (χ2v) is 11.9. The molecule has 12 nitrogen and oxygen atoms in total. The summed E-state index contributed by atoms with van der Waals surface area (Å²) in [5, 5.41) is 8.23. The minimum atomic E-state index is -0.557. The van der Waals surface area contributed by atoms with Gasteiger partial charge in [-0.05, 0) is 86.5 Å². The molecule has 0 saturated heterocycles. The third kappa shape index (κ3) is 6.94. The van der Waals surface area contributed by atoms with Gasteiger partial charge in [0.2, 0.25) is 11.9 Å². The lowest BCUT2D eigenvalue weighted by Crippen LogP contribution is -2.20. The Balaban J connectivity index is 1.33. The smallest absolute Gasteiger partial charge is 0.305 e. The standard InChI is InChI=1S/C33H36N6O6S/c1-5-39-25(14-19(2)37-39)32(43)36-33-35-23-15-21(31(34)42)9-10-24(23)38(33)13-7-6-8-20-17-28-22(16-27(20)44-3)18-29(46-28)26(40)11-12-30(41)45-4/h9-10,14-18H,5-8,11-13H2,1-4H3,(H2,34,42)(H,35,36,43). The average Bonchev–Trinajstić information content (AvgIpc) is 3.74. The molecule has 0 spiro atoms. The maximum Gasteiger partial charge on any atom is 0.305 e. The number of unbranched alkanes of at least 4 members (excludes halogenated alkanes) is 1. The number of carbonyl (C=O) groups is 4. The Morgan fingerprint density at radius 3 is 2.54 bits per heavy atom. The Morgan fingerprint density at radius 1 is 1.02 bits per heavy atom. The van der Waals surface area contributed by atoms with Crippen LogP contribution in [0.15, 0.2) is 42.5 Å². The number of methoxy groups -OCH3 is 2. The van der Waals surface area contributed by atoms with E-state index in [0.29, 0.717) is 40.7 Å². The van der Waals surface area contributed by atoms with Crippen LogP contribution in [0.3, 0.4) is 0 Å². The zero-order valence-electron chi connectivity index (χ0n) is 26.2. The van der Waals surface area contributed by atoms with Crippen molar-refractivity contribution in [2.75, 3.05) is 19.5 Å². The summed E-state index contributed by atoms with van der Waals surface area (Å²) in [5.41, 5.74) is 9.34. The van der Waals surface area contributed by atoms with Crippen LogP contribution in [0.25, 0.3) is 21.1 Å². The lowest BCUT2D eigenvalue weighted by atomic mass is 10.0. The van der Waals surface area contributed by atoms with Gasteiger partial charge >= 0.3 is 5.97 Å². The first-order chi connectivity index (χ1) is 22.1. The second kappa shape index (κ2) is 13.9. The molecule has 3 N–H and O–H groups in total. The van der Waals surface area contributed by atoms with Crippen molar-refractivity contribution in [1.29, 1.82) is 0 Å². The Kier molecular flexibility index (Phi) is 9.81. The summed E-state index contributed by atoms with van der Waals surface area (Å²) in [6.07, 6.45) is 2.41. The zero-order valence-corrected chi connectivity index (χ0v) is 27.0. The van der Waals surface area contributed by atoms with Gasteiger partial charge in [-0.25, -0.2) is 4.98 Å². The maximum atomic E-state index is 13.3. The molecular formula is C33H36N6O6S. The highest BCUT2D eigenvalue weighted by atomic mass is 32.1. The summed E-state index contributed by atoms with van der Waals surface area (Å²) < 4.78 is 14.9. The number of hydrogen-bond donors (Lipinski definition) is 2. The summed E-state index contributed by atoms with van der Waals surface area (Å²) in [4.78, 5) is 54.5. The molecule has 0 unspecified atom stereocenters. The second-order valence-electron chi connectivity index (χ2n) is 10.9. The van der Waals surface area contributed by atoms with Gasteiger partial charge in [0.05, 0.1) is 42.2 Å². The van der Waals surface area contributed by atoms with E-state index in [1.165, 1.54) is 18.4 Å². The molecular weight excluding hydrogens is 608 g/mol. The third-order valence-corrected chi connectivity index (χ3v) is 8.89. The quantitative estimate of drug-likeness (QED) is 0.0936. The number of nitrogens with two attached hydrogens (primary N) is 1. The molecule has 0 radical (unpaired) electrons. The lowest BCUT2D eigenvalue weighted by molar-refractivity contribution is -0.140. The number of ether oxygens (including phenoxy) is 2. The summed E-state index contributed by atoms with van der Waals surface area (Å²) in [7, 11) is 2.93. The van der Waals surface area contributed by atoms with Gasteiger partial charge in [0.15, 0.2) is 5.78 Å². The molecule has 0 bridgehead atoms. The number of benzene rings is 2. The normalized spacial score (nSPS) is 11.2. The van der Waals surface area contributed by atoms with Crippen LogP contribution in [0.2, 0.25) is 0 Å². The number of carbonyl (C=O) groups excluding carboxylic acids is 4. The number of nitrogens with one attached hydrogen (secondary N) is 1. The van der Waals surface area contributed by atoms with Crippen LogP contribution in [-0.2, 0) is 29.0 Å². The SMILES string of the molecule is CCn1nc(C)cc1C(=O)Nc1nc2cc(C(N)=O)ccc2n1CCCCc1cc2sc(C(=O)CCC(=O)OC)cc2cc1OC. The van der Waals surface area contributed by atoms with Gasteiger partial charge in [0, 0.05) is 29.8 Å². The number of anilines is 1. The summed E-state index contributed by atoms with van der Waals surface area (Å²) in [6.45, 7) is 4.85. The van der Waals surface area contributed by atoms with Crippen molar-refractivity contribution in [3.63, 3.8) is 0 Å². The molecule has 0 aliphatic carbocycles. The highest BCUT2D eigenvalue weighted by Gasteiger charge is 2.19. The van der Waals surface area contributed by atoms with Gasteiger partial charge in [-0.2, -0.15) is 5.10 Å². The molecule has 3 aromatic heterocycles. The Labute approximate surface area is 269 Å². The monoisotopic (exact) mass is 644 g/mol. The third-order valence-electron chi connectivity index (χ3n) is 7.75. The van der Waals surface area contributed by atoms with Crippen molar-refractivity contribution in [2.45, 2.75) is 59.0 Å². The molecule has 2 amide bonds. The first kappa shape index (κ1) is 32.4. The number of aromatic nitrogens is 4. The molecule has 0 atom stereocenters. The number of rotatable bonds is 14. The van der Waals surface area contributed by atoms with Crippen LogP contribution in [-0.4, -0.2) is 57.1 Å². The minimum Gasteiger partial charge on any atom is -0.496 e. The first-order valence-corrected chi connectivity index (χ1v) is 15.8. The molecule has 2 aromatic carbocycles.